The van der Waals surface area contributed by atoms with Crippen LogP contribution < -0.4 is 4.90 Å². The number of hydrogen-bond acceptors (Lipinski definition) is 4. The van der Waals surface area contributed by atoms with Crippen LogP contribution in [-0.2, 0) is 9.59 Å². The molecule has 2 aliphatic heterocycles. The zero-order valence-corrected chi connectivity index (χ0v) is 14.6. The quantitative estimate of drug-likeness (QED) is 0.853. The predicted octanol–water partition coefficient (Wildman–Crippen LogP) is 2.81. The number of amides is 2. The van der Waals surface area contributed by atoms with E-state index in [9.17, 15) is 9.59 Å². The van der Waals surface area contributed by atoms with Crippen molar-refractivity contribution >= 4 is 33.9 Å². The highest BCUT2D eigenvalue weighted by Gasteiger charge is 2.38. The molecule has 0 bridgehead atoms. The molecule has 0 aliphatic carbocycles. The van der Waals surface area contributed by atoms with Crippen LogP contribution in [-0.4, -0.2) is 41.3 Å². The summed E-state index contributed by atoms with van der Waals surface area (Å²) in [6, 6.07) is 10.3. The average molecular weight is 353 g/mol. The molecule has 0 spiro atoms. The van der Waals surface area contributed by atoms with Gasteiger partial charge in [-0.15, -0.1) is 11.3 Å². The van der Waals surface area contributed by atoms with E-state index in [0.717, 1.165) is 6.42 Å². The Morgan fingerprint density at radius 1 is 1.24 bits per heavy atom. The summed E-state index contributed by atoms with van der Waals surface area (Å²) in [5, 5.41) is 2.53. The van der Waals surface area contributed by atoms with E-state index in [4.69, 9.17) is 0 Å². The van der Waals surface area contributed by atoms with Gasteiger partial charge in [-0.3, -0.25) is 14.5 Å². The average Bonchev–Trinajstić information content (AvgIpc) is 3.31. The molecular weight excluding hydrogens is 334 g/mol. The van der Waals surface area contributed by atoms with E-state index in [0.29, 0.717) is 24.8 Å². The fourth-order valence-electron chi connectivity index (χ4n) is 3.45. The second kappa shape index (κ2) is 6.80. The van der Waals surface area contributed by atoms with Crippen LogP contribution in [0.1, 0.15) is 18.4 Å². The van der Waals surface area contributed by atoms with Crippen LogP contribution >= 0.6 is 11.3 Å². The van der Waals surface area contributed by atoms with Gasteiger partial charge in [0.05, 0.1) is 5.92 Å². The second-order valence-electron chi connectivity index (χ2n) is 6.35. The largest absolute Gasteiger partial charge is 0.338 e. The summed E-state index contributed by atoms with van der Waals surface area (Å²) in [7, 11) is 0. The standard InChI is InChI=1S/C19H19N3O2S/c23-17-12-16(13-22(17)19-20-8-11-25-19)18(24)21-9-6-15(7-10-21)14-4-2-1-3-5-14/h1-6,8,11,16H,7,9-10,12-13H2. The van der Waals surface area contributed by atoms with Gasteiger partial charge in [-0.05, 0) is 17.6 Å². The molecule has 1 aromatic heterocycles. The number of aromatic nitrogens is 1. The summed E-state index contributed by atoms with van der Waals surface area (Å²) in [6.07, 6.45) is 4.95. The number of nitrogens with zero attached hydrogens (tertiary/aromatic N) is 3. The zero-order chi connectivity index (χ0) is 17.2. The Bertz CT molecular complexity index is 801. The van der Waals surface area contributed by atoms with E-state index in [-0.39, 0.29) is 24.2 Å². The Balaban J connectivity index is 1.41. The van der Waals surface area contributed by atoms with E-state index in [1.807, 2.05) is 28.5 Å². The molecule has 1 atom stereocenters. The molecule has 0 saturated carbocycles. The van der Waals surface area contributed by atoms with Crippen LogP contribution in [0.5, 0.6) is 0 Å². The van der Waals surface area contributed by atoms with Crippen molar-refractivity contribution in [1.82, 2.24) is 9.88 Å². The lowest BCUT2D eigenvalue weighted by atomic mass is 9.98. The third-order valence-electron chi connectivity index (χ3n) is 4.79. The second-order valence-corrected chi connectivity index (χ2v) is 7.22. The van der Waals surface area contributed by atoms with Crippen molar-refractivity contribution in [3.05, 3.63) is 53.5 Å². The molecule has 0 radical (unpaired) electrons. The van der Waals surface area contributed by atoms with Crippen molar-refractivity contribution in [2.75, 3.05) is 24.5 Å². The molecule has 128 valence electrons. The summed E-state index contributed by atoms with van der Waals surface area (Å²) in [5.74, 6) is -0.190. The number of hydrogen-bond donors (Lipinski definition) is 0. The first kappa shape index (κ1) is 16.0. The molecule has 4 rings (SSSR count). The molecule has 1 unspecified atom stereocenters. The minimum absolute atomic E-state index is 0.00849. The predicted molar refractivity (Wildman–Crippen MR) is 98.2 cm³/mol. The summed E-state index contributed by atoms with van der Waals surface area (Å²) in [6.45, 7) is 1.77. The van der Waals surface area contributed by atoms with Crippen molar-refractivity contribution in [1.29, 1.82) is 0 Å². The number of anilines is 1. The number of carbonyl (C=O) groups is 2. The normalized spacial score (nSPS) is 20.7. The third kappa shape index (κ3) is 3.22. The minimum Gasteiger partial charge on any atom is -0.338 e. The maximum Gasteiger partial charge on any atom is 0.229 e. The molecule has 2 aliphatic rings. The van der Waals surface area contributed by atoms with Gasteiger partial charge in [-0.1, -0.05) is 36.4 Å². The summed E-state index contributed by atoms with van der Waals surface area (Å²) in [5.41, 5.74) is 2.51. The van der Waals surface area contributed by atoms with Gasteiger partial charge in [0.15, 0.2) is 5.13 Å². The monoisotopic (exact) mass is 353 g/mol. The first-order valence-corrected chi connectivity index (χ1v) is 9.33. The van der Waals surface area contributed by atoms with Crippen molar-refractivity contribution in [2.24, 2.45) is 5.92 Å². The maximum atomic E-state index is 12.8. The molecule has 1 fully saturated rings. The van der Waals surface area contributed by atoms with E-state index < -0.39 is 0 Å². The Hall–Kier alpha value is -2.47. The van der Waals surface area contributed by atoms with Gasteiger partial charge in [0.1, 0.15) is 0 Å². The van der Waals surface area contributed by atoms with Crippen LogP contribution in [0.25, 0.3) is 5.57 Å². The number of benzene rings is 1. The van der Waals surface area contributed by atoms with Gasteiger partial charge in [0, 0.05) is 37.6 Å². The number of carbonyl (C=O) groups excluding carboxylic acids is 2. The molecule has 1 saturated heterocycles. The fourth-order valence-corrected chi connectivity index (χ4v) is 4.12. The highest BCUT2D eigenvalue weighted by Crippen LogP contribution is 2.29. The first-order valence-electron chi connectivity index (χ1n) is 8.45. The lowest BCUT2D eigenvalue weighted by Gasteiger charge is -2.28. The molecular formula is C19H19N3O2S. The lowest BCUT2D eigenvalue weighted by Crippen LogP contribution is -2.39. The SMILES string of the molecule is O=C(C1CC(=O)N(c2nccs2)C1)N1CC=C(c2ccccc2)CC1. The molecule has 25 heavy (non-hydrogen) atoms. The van der Waals surface area contributed by atoms with Crippen LogP contribution in [0.2, 0.25) is 0 Å². The smallest absolute Gasteiger partial charge is 0.229 e. The highest BCUT2D eigenvalue weighted by molar-refractivity contribution is 7.13. The van der Waals surface area contributed by atoms with Crippen LogP contribution in [0.3, 0.4) is 0 Å². The van der Waals surface area contributed by atoms with E-state index in [1.54, 1.807) is 11.1 Å². The molecule has 2 aromatic rings. The van der Waals surface area contributed by atoms with Crippen molar-refractivity contribution in [2.45, 2.75) is 12.8 Å². The van der Waals surface area contributed by atoms with Gasteiger partial charge < -0.3 is 4.90 Å². The van der Waals surface area contributed by atoms with E-state index in [1.165, 1.54) is 22.5 Å². The summed E-state index contributed by atoms with van der Waals surface area (Å²) >= 11 is 1.43. The van der Waals surface area contributed by atoms with Gasteiger partial charge in [0.2, 0.25) is 11.8 Å². The molecule has 3 heterocycles. The molecule has 2 amide bonds. The Labute approximate surface area is 150 Å². The Morgan fingerprint density at radius 2 is 2.08 bits per heavy atom. The number of rotatable bonds is 3. The first-order chi connectivity index (χ1) is 12.2. The van der Waals surface area contributed by atoms with E-state index >= 15 is 0 Å². The Morgan fingerprint density at radius 3 is 2.76 bits per heavy atom. The molecule has 6 heteroatoms. The third-order valence-corrected chi connectivity index (χ3v) is 5.58. The van der Waals surface area contributed by atoms with Crippen molar-refractivity contribution in [3.63, 3.8) is 0 Å². The minimum atomic E-state index is -0.261. The van der Waals surface area contributed by atoms with Crippen LogP contribution in [0, 0.1) is 5.92 Å². The van der Waals surface area contributed by atoms with Gasteiger partial charge >= 0.3 is 0 Å². The van der Waals surface area contributed by atoms with Gasteiger partial charge in [-0.25, -0.2) is 4.98 Å². The van der Waals surface area contributed by atoms with Gasteiger partial charge in [0.25, 0.3) is 0 Å². The lowest BCUT2D eigenvalue weighted by molar-refractivity contribution is -0.135. The highest BCUT2D eigenvalue weighted by atomic mass is 32.1. The molecule has 1 aromatic carbocycles. The summed E-state index contributed by atoms with van der Waals surface area (Å²) < 4.78 is 0. The summed E-state index contributed by atoms with van der Waals surface area (Å²) in [4.78, 5) is 32.7. The maximum absolute atomic E-state index is 12.8. The zero-order valence-electron chi connectivity index (χ0n) is 13.8. The van der Waals surface area contributed by atoms with Crippen LogP contribution in [0.4, 0.5) is 5.13 Å². The topological polar surface area (TPSA) is 53.5 Å². The van der Waals surface area contributed by atoms with Crippen molar-refractivity contribution in [3.8, 4) is 0 Å². The van der Waals surface area contributed by atoms with Gasteiger partial charge in [-0.2, -0.15) is 0 Å². The molecule has 0 N–H and O–H groups in total. The Kier molecular flexibility index (Phi) is 4.36. The number of thiazole rings is 1. The van der Waals surface area contributed by atoms with Crippen LogP contribution in [0.15, 0.2) is 48.0 Å². The fraction of sp³-hybridized carbons (Fsp3) is 0.316. The van der Waals surface area contributed by atoms with Crippen molar-refractivity contribution < 1.29 is 9.59 Å². The van der Waals surface area contributed by atoms with E-state index in [2.05, 4.69) is 23.2 Å². The molecule has 5 nitrogen and oxygen atoms in total.